The predicted molar refractivity (Wildman–Crippen MR) is 61.1 cm³/mol. The molecule has 76 valence electrons. The molecular weight excluding hydrogens is 198 g/mol. The first-order valence-corrected chi connectivity index (χ1v) is 4.46. The van der Waals surface area contributed by atoms with Crippen molar-refractivity contribution in [3.05, 3.63) is 35.4 Å². The van der Waals surface area contributed by atoms with Crippen molar-refractivity contribution in [3.8, 4) is 5.75 Å². The van der Waals surface area contributed by atoms with Gasteiger partial charge < -0.3 is 10.1 Å². The minimum atomic E-state index is 0. The van der Waals surface area contributed by atoms with Crippen LogP contribution in [0.4, 0.5) is 0 Å². The summed E-state index contributed by atoms with van der Waals surface area (Å²) in [4.78, 5) is 0. The number of halogens is 1. The molecule has 0 amide bonds. The fourth-order valence-corrected chi connectivity index (χ4v) is 1.49. The minimum absolute atomic E-state index is 0. The highest BCUT2D eigenvalue weighted by Gasteiger charge is 2.08. The van der Waals surface area contributed by atoms with E-state index in [0.717, 1.165) is 12.3 Å². The normalized spacial score (nSPS) is 13.4. The molecule has 0 radical (unpaired) electrons. The third kappa shape index (κ3) is 2.28. The van der Waals surface area contributed by atoms with Crippen LogP contribution in [0.3, 0.4) is 0 Å². The lowest BCUT2D eigenvalue weighted by atomic mass is 10.1. The molecule has 2 nitrogen and oxygen atoms in total. The topological polar surface area (TPSA) is 21.3 Å². The van der Waals surface area contributed by atoms with E-state index < -0.39 is 0 Å². The molecule has 0 spiro atoms. The third-order valence-electron chi connectivity index (χ3n) is 2.10. The van der Waals surface area contributed by atoms with Gasteiger partial charge >= 0.3 is 0 Å². The average Bonchev–Trinajstić information content (AvgIpc) is 2.18. The summed E-state index contributed by atoms with van der Waals surface area (Å²) in [5.41, 5.74) is 2.47. The molecule has 0 unspecified atom stereocenters. The highest BCUT2D eigenvalue weighted by molar-refractivity contribution is 5.85. The standard InChI is InChI=1S/C11H13NO.ClH/c1-12-7-9-6-10-4-2-3-5-11(10)13-8-9;/h2-6,12H,7-8H2,1H3;1H. The lowest BCUT2D eigenvalue weighted by Crippen LogP contribution is -2.17. The molecule has 1 aliphatic rings. The second-order valence-electron chi connectivity index (χ2n) is 3.16. The fraction of sp³-hybridized carbons (Fsp3) is 0.273. The molecule has 0 aromatic heterocycles. The van der Waals surface area contributed by atoms with E-state index >= 15 is 0 Å². The van der Waals surface area contributed by atoms with Crippen LogP contribution >= 0.6 is 12.4 Å². The Labute approximate surface area is 90.4 Å². The third-order valence-corrected chi connectivity index (χ3v) is 2.10. The first-order valence-electron chi connectivity index (χ1n) is 4.46. The summed E-state index contributed by atoms with van der Waals surface area (Å²) in [6.07, 6.45) is 2.19. The second-order valence-corrected chi connectivity index (χ2v) is 3.16. The van der Waals surface area contributed by atoms with Crippen LogP contribution < -0.4 is 10.1 Å². The monoisotopic (exact) mass is 211 g/mol. The highest BCUT2D eigenvalue weighted by Crippen LogP contribution is 2.25. The number of hydrogen-bond acceptors (Lipinski definition) is 2. The van der Waals surface area contributed by atoms with E-state index in [0.29, 0.717) is 6.61 Å². The van der Waals surface area contributed by atoms with Gasteiger partial charge in [-0.2, -0.15) is 0 Å². The summed E-state index contributed by atoms with van der Waals surface area (Å²) in [7, 11) is 1.95. The Balaban J connectivity index is 0.000000980. The molecule has 3 heteroatoms. The van der Waals surface area contributed by atoms with Crippen molar-refractivity contribution in [1.29, 1.82) is 0 Å². The van der Waals surface area contributed by atoms with Crippen LogP contribution in [0.25, 0.3) is 6.08 Å². The lowest BCUT2D eigenvalue weighted by molar-refractivity contribution is 0.344. The van der Waals surface area contributed by atoms with Crippen LogP contribution in [0.5, 0.6) is 5.75 Å². The predicted octanol–water partition coefficient (Wildman–Crippen LogP) is 2.10. The molecule has 0 saturated heterocycles. The van der Waals surface area contributed by atoms with Crippen LogP contribution in [-0.2, 0) is 0 Å². The van der Waals surface area contributed by atoms with E-state index in [-0.39, 0.29) is 12.4 Å². The van der Waals surface area contributed by atoms with Crippen LogP contribution in [0.1, 0.15) is 5.56 Å². The first kappa shape index (κ1) is 11.1. The number of ether oxygens (including phenoxy) is 1. The van der Waals surface area contributed by atoms with Gasteiger partial charge in [-0.05, 0) is 24.8 Å². The SMILES string of the molecule is CNCC1=Cc2ccccc2OC1.Cl. The smallest absolute Gasteiger partial charge is 0.127 e. The van der Waals surface area contributed by atoms with Gasteiger partial charge in [0, 0.05) is 12.1 Å². The number of nitrogens with one attached hydrogen (secondary N) is 1. The van der Waals surface area contributed by atoms with E-state index in [2.05, 4.69) is 17.5 Å². The molecule has 0 aliphatic carbocycles. The van der Waals surface area contributed by atoms with E-state index in [9.17, 15) is 0 Å². The second kappa shape index (κ2) is 5.03. The molecule has 1 aliphatic heterocycles. The van der Waals surface area contributed by atoms with Gasteiger partial charge in [0.05, 0.1) is 0 Å². The zero-order valence-electron chi connectivity index (χ0n) is 8.12. The molecule has 0 saturated carbocycles. The molecule has 1 aromatic carbocycles. The summed E-state index contributed by atoms with van der Waals surface area (Å²) in [5.74, 6) is 0.988. The van der Waals surface area contributed by atoms with E-state index in [4.69, 9.17) is 4.74 Å². The summed E-state index contributed by atoms with van der Waals surface area (Å²) in [5, 5.41) is 3.12. The van der Waals surface area contributed by atoms with Crippen LogP contribution in [-0.4, -0.2) is 20.2 Å². The number of benzene rings is 1. The maximum Gasteiger partial charge on any atom is 0.127 e. The van der Waals surface area contributed by atoms with Gasteiger partial charge in [0.15, 0.2) is 0 Å². The van der Waals surface area contributed by atoms with E-state index in [1.807, 2.05) is 25.2 Å². The lowest BCUT2D eigenvalue weighted by Gasteiger charge is -2.17. The molecule has 0 bridgehead atoms. The Bertz CT molecular complexity index is 336. The van der Waals surface area contributed by atoms with Crippen molar-refractivity contribution in [3.63, 3.8) is 0 Å². The Kier molecular flexibility index (Phi) is 3.98. The van der Waals surface area contributed by atoms with Crippen LogP contribution in [0.15, 0.2) is 29.8 Å². The number of para-hydroxylation sites is 1. The molecule has 14 heavy (non-hydrogen) atoms. The maximum atomic E-state index is 5.58. The Hall–Kier alpha value is -0.990. The van der Waals surface area contributed by atoms with Gasteiger partial charge in [-0.3, -0.25) is 0 Å². The van der Waals surface area contributed by atoms with Crippen molar-refractivity contribution in [2.45, 2.75) is 0 Å². The molecule has 2 rings (SSSR count). The van der Waals surface area contributed by atoms with Crippen LogP contribution in [0, 0.1) is 0 Å². The van der Waals surface area contributed by atoms with Crippen molar-refractivity contribution < 1.29 is 4.74 Å². The van der Waals surface area contributed by atoms with Gasteiger partial charge in [0.25, 0.3) is 0 Å². The van der Waals surface area contributed by atoms with E-state index in [1.54, 1.807) is 0 Å². The van der Waals surface area contributed by atoms with Crippen molar-refractivity contribution >= 4 is 18.5 Å². The number of hydrogen-bond donors (Lipinski definition) is 1. The maximum absolute atomic E-state index is 5.58. The Morgan fingerprint density at radius 2 is 2.14 bits per heavy atom. The summed E-state index contributed by atoms with van der Waals surface area (Å²) in [6.45, 7) is 1.60. The van der Waals surface area contributed by atoms with E-state index in [1.165, 1.54) is 11.1 Å². The first-order chi connectivity index (χ1) is 6.40. The number of fused-ring (bicyclic) bond motifs is 1. The highest BCUT2D eigenvalue weighted by atomic mass is 35.5. The van der Waals surface area contributed by atoms with Crippen molar-refractivity contribution in [1.82, 2.24) is 5.32 Å². The van der Waals surface area contributed by atoms with Gasteiger partial charge in [-0.25, -0.2) is 0 Å². The fourth-order valence-electron chi connectivity index (χ4n) is 1.49. The molecule has 1 heterocycles. The minimum Gasteiger partial charge on any atom is -0.489 e. The van der Waals surface area contributed by atoms with Gasteiger partial charge in [-0.1, -0.05) is 18.2 Å². The molecule has 0 atom stereocenters. The molecule has 1 aromatic rings. The average molecular weight is 212 g/mol. The van der Waals surface area contributed by atoms with Gasteiger partial charge in [-0.15, -0.1) is 12.4 Å². The Morgan fingerprint density at radius 3 is 2.93 bits per heavy atom. The number of rotatable bonds is 2. The van der Waals surface area contributed by atoms with Crippen molar-refractivity contribution in [2.24, 2.45) is 0 Å². The largest absolute Gasteiger partial charge is 0.489 e. The number of likely N-dealkylation sites (N-methyl/N-ethyl adjacent to an activating group) is 1. The summed E-state index contributed by atoms with van der Waals surface area (Å²) in [6, 6.07) is 8.10. The summed E-state index contributed by atoms with van der Waals surface area (Å²) >= 11 is 0. The summed E-state index contributed by atoms with van der Waals surface area (Å²) < 4.78 is 5.58. The quantitative estimate of drug-likeness (QED) is 0.809. The zero-order valence-corrected chi connectivity index (χ0v) is 8.93. The molecule has 0 fully saturated rings. The van der Waals surface area contributed by atoms with Gasteiger partial charge in [0.1, 0.15) is 12.4 Å². The van der Waals surface area contributed by atoms with Gasteiger partial charge in [0.2, 0.25) is 0 Å². The molecular formula is C11H14ClNO. The van der Waals surface area contributed by atoms with Crippen molar-refractivity contribution in [2.75, 3.05) is 20.2 Å². The Morgan fingerprint density at radius 1 is 1.36 bits per heavy atom. The van der Waals surface area contributed by atoms with Crippen LogP contribution in [0.2, 0.25) is 0 Å². The zero-order chi connectivity index (χ0) is 9.10. The molecule has 1 N–H and O–H groups in total.